The molecule has 1 aromatic carbocycles. The summed E-state index contributed by atoms with van der Waals surface area (Å²) >= 11 is 12.6. The number of hydrogen-bond donors (Lipinski definition) is 0. The molecule has 0 unspecified atom stereocenters. The van der Waals surface area contributed by atoms with Crippen molar-refractivity contribution in [3.05, 3.63) is 57.3 Å². The summed E-state index contributed by atoms with van der Waals surface area (Å²) in [6.07, 6.45) is 10.6. The van der Waals surface area contributed by atoms with Crippen LogP contribution < -0.4 is 0 Å². The van der Waals surface area contributed by atoms with Gasteiger partial charge < -0.3 is 9.64 Å². The SMILES string of the molecule is C=C1CCCCC/C1=C(\CCCN1CCC(c2cccc(Cl)c2Cl)CC1)OC. The van der Waals surface area contributed by atoms with Gasteiger partial charge in [-0.25, -0.2) is 0 Å². The van der Waals surface area contributed by atoms with Gasteiger partial charge in [0.15, 0.2) is 0 Å². The van der Waals surface area contributed by atoms with E-state index in [-0.39, 0.29) is 0 Å². The first kappa shape index (κ1) is 21.7. The van der Waals surface area contributed by atoms with Crippen LogP contribution in [-0.4, -0.2) is 31.6 Å². The van der Waals surface area contributed by atoms with Crippen molar-refractivity contribution in [1.82, 2.24) is 4.90 Å². The van der Waals surface area contributed by atoms with E-state index < -0.39 is 0 Å². The molecule has 2 fully saturated rings. The van der Waals surface area contributed by atoms with Crippen molar-refractivity contribution in [2.75, 3.05) is 26.7 Å². The first-order valence-corrected chi connectivity index (χ1v) is 11.5. The van der Waals surface area contributed by atoms with Gasteiger partial charge in [-0.05, 0) is 93.3 Å². The normalized spacial score (nSPS) is 21.5. The average Bonchev–Trinajstić information content (AvgIpc) is 2.92. The number of halogens is 2. The number of allylic oxidation sites excluding steroid dienone is 3. The van der Waals surface area contributed by atoms with E-state index in [1.807, 2.05) is 19.2 Å². The number of methoxy groups -OCH3 is 1. The second-order valence-electron chi connectivity index (χ2n) is 8.13. The Morgan fingerprint density at radius 1 is 1.14 bits per heavy atom. The second kappa shape index (κ2) is 10.7. The Labute approximate surface area is 180 Å². The standard InChI is InChI=1S/C24H33Cl2NO/c1-18-8-4-3-5-9-20(18)23(28-2)12-7-15-27-16-13-19(14-17-27)21-10-6-11-22(25)24(21)26/h6,10-11,19H,1,3-5,7-9,12-17H2,2H3/b23-20-. The third-order valence-corrected chi connectivity index (χ3v) is 7.14. The Balaban J connectivity index is 1.48. The van der Waals surface area contributed by atoms with E-state index >= 15 is 0 Å². The molecule has 0 bridgehead atoms. The van der Waals surface area contributed by atoms with Crippen molar-refractivity contribution in [3.63, 3.8) is 0 Å². The first-order chi connectivity index (χ1) is 13.6. The molecule has 0 radical (unpaired) electrons. The maximum absolute atomic E-state index is 6.42. The van der Waals surface area contributed by atoms with E-state index in [2.05, 4.69) is 17.5 Å². The lowest BCUT2D eigenvalue weighted by Gasteiger charge is -2.32. The largest absolute Gasteiger partial charge is 0.501 e. The van der Waals surface area contributed by atoms with Crippen LogP contribution in [0.3, 0.4) is 0 Å². The lowest BCUT2D eigenvalue weighted by Crippen LogP contribution is -2.33. The highest BCUT2D eigenvalue weighted by molar-refractivity contribution is 6.42. The molecule has 0 aromatic heterocycles. The van der Waals surface area contributed by atoms with E-state index in [1.54, 1.807) is 0 Å². The van der Waals surface area contributed by atoms with Crippen LogP contribution in [0, 0.1) is 0 Å². The van der Waals surface area contributed by atoms with Gasteiger partial charge in [0.25, 0.3) is 0 Å². The van der Waals surface area contributed by atoms with E-state index in [4.69, 9.17) is 27.9 Å². The highest BCUT2D eigenvalue weighted by Crippen LogP contribution is 2.36. The Morgan fingerprint density at radius 3 is 2.64 bits per heavy atom. The van der Waals surface area contributed by atoms with Crippen molar-refractivity contribution in [2.45, 2.75) is 63.7 Å². The Kier molecular flexibility index (Phi) is 8.32. The quantitative estimate of drug-likeness (QED) is 0.350. The molecule has 3 rings (SSSR count). The molecule has 1 aromatic rings. The molecule has 0 N–H and O–H groups in total. The molecule has 1 heterocycles. The summed E-state index contributed by atoms with van der Waals surface area (Å²) in [6.45, 7) is 7.68. The molecule has 2 nitrogen and oxygen atoms in total. The fourth-order valence-electron chi connectivity index (χ4n) is 4.62. The molecule has 1 aliphatic carbocycles. The lowest BCUT2D eigenvalue weighted by atomic mass is 9.89. The van der Waals surface area contributed by atoms with Gasteiger partial charge in [-0.1, -0.05) is 48.3 Å². The number of nitrogens with zero attached hydrogens (tertiary/aromatic N) is 1. The fraction of sp³-hybridized carbons (Fsp3) is 0.583. The lowest BCUT2D eigenvalue weighted by molar-refractivity contribution is 0.202. The van der Waals surface area contributed by atoms with Gasteiger partial charge in [-0.2, -0.15) is 0 Å². The number of piperidine rings is 1. The van der Waals surface area contributed by atoms with Gasteiger partial charge in [-0.3, -0.25) is 0 Å². The minimum Gasteiger partial charge on any atom is -0.501 e. The molecule has 1 aliphatic heterocycles. The minimum atomic E-state index is 0.522. The summed E-state index contributed by atoms with van der Waals surface area (Å²) < 4.78 is 5.78. The third kappa shape index (κ3) is 5.55. The smallest absolute Gasteiger partial charge is 0.0990 e. The summed E-state index contributed by atoms with van der Waals surface area (Å²) in [7, 11) is 1.82. The van der Waals surface area contributed by atoms with Crippen LogP contribution in [0.5, 0.6) is 0 Å². The molecule has 0 atom stereocenters. The number of ether oxygens (including phenoxy) is 1. The predicted molar refractivity (Wildman–Crippen MR) is 120 cm³/mol. The fourth-order valence-corrected chi connectivity index (χ4v) is 5.09. The first-order valence-electron chi connectivity index (χ1n) is 10.7. The molecule has 28 heavy (non-hydrogen) atoms. The maximum atomic E-state index is 6.42. The molecule has 4 heteroatoms. The molecule has 1 saturated carbocycles. The van der Waals surface area contributed by atoms with Crippen molar-refractivity contribution in [3.8, 4) is 0 Å². The molecular formula is C24H33Cl2NO. The van der Waals surface area contributed by atoms with Crippen LogP contribution in [0.2, 0.25) is 10.0 Å². The van der Waals surface area contributed by atoms with Crippen molar-refractivity contribution in [1.29, 1.82) is 0 Å². The maximum Gasteiger partial charge on any atom is 0.0990 e. The molecule has 0 amide bonds. The van der Waals surface area contributed by atoms with Crippen molar-refractivity contribution >= 4 is 23.2 Å². The number of hydrogen-bond acceptors (Lipinski definition) is 2. The number of likely N-dealkylation sites (tertiary alicyclic amines) is 1. The van der Waals surface area contributed by atoms with Gasteiger partial charge >= 0.3 is 0 Å². The zero-order valence-corrected chi connectivity index (χ0v) is 18.6. The van der Waals surface area contributed by atoms with Crippen LogP contribution >= 0.6 is 23.2 Å². The average molecular weight is 422 g/mol. The molecule has 154 valence electrons. The second-order valence-corrected chi connectivity index (χ2v) is 8.92. The summed E-state index contributed by atoms with van der Waals surface area (Å²) in [4.78, 5) is 2.58. The van der Waals surface area contributed by atoms with Gasteiger partial charge in [0.2, 0.25) is 0 Å². The van der Waals surface area contributed by atoms with Gasteiger partial charge in [0, 0.05) is 6.42 Å². The van der Waals surface area contributed by atoms with Crippen LogP contribution in [0.1, 0.15) is 69.3 Å². The highest BCUT2D eigenvalue weighted by atomic mass is 35.5. The number of rotatable bonds is 6. The molecular weight excluding hydrogens is 389 g/mol. The minimum absolute atomic E-state index is 0.522. The van der Waals surface area contributed by atoms with Gasteiger partial charge in [-0.15, -0.1) is 0 Å². The molecule has 2 aliphatic rings. The Hall–Kier alpha value is -0.960. The molecule has 0 spiro atoms. The van der Waals surface area contributed by atoms with E-state index in [9.17, 15) is 0 Å². The predicted octanol–water partition coefficient (Wildman–Crippen LogP) is 7.37. The summed E-state index contributed by atoms with van der Waals surface area (Å²) in [5, 5.41) is 1.41. The molecule has 1 saturated heterocycles. The van der Waals surface area contributed by atoms with E-state index in [0.717, 1.165) is 63.2 Å². The van der Waals surface area contributed by atoms with E-state index in [0.29, 0.717) is 10.9 Å². The highest BCUT2D eigenvalue weighted by Gasteiger charge is 2.23. The van der Waals surface area contributed by atoms with Crippen LogP contribution in [0.15, 0.2) is 41.7 Å². The van der Waals surface area contributed by atoms with Gasteiger partial charge in [0.1, 0.15) is 0 Å². The summed E-state index contributed by atoms with van der Waals surface area (Å²) in [6, 6.07) is 6.01. The third-order valence-electron chi connectivity index (χ3n) is 6.30. The summed E-state index contributed by atoms with van der Waals surface area (Å²) in [5.74, 6) is 1.70. The zero-order chi connectivity index (χ0) is 19.9. The Morgan fingerprint density at radius 2 is 1.89 bits per heavy atom. The monoisotopic (exact) mass is 421 g/mol. The van der Waals surface area contributed by atoms with Crippen LogP contribution in [-0.2, 0) is 4.74 Å². The summed E-state index contributed by atoms with van der Waals surface area (Å²) in [5.41, 5.74) is 3.91. The number of benzene rings is 1. The zero-order valence-electron chi connectivity index (χ0n) is 17.1. The van der Waals surface area contributed by atoms with Crippen LogP contribution in [0.4, 0.5) is 0 Å². The van der Waals surface area contributed by atoms with Crippen LogP contribution in [0.25, 0.3) is 0 Å². The topological polar surface area (TPSA) is 12.5 Å². The van der Waals surface area contributed by atoms with E-state index in [1.165, 1.54) is 41.7 Å². The Bertz CT molecular complexity index is 705. The van der Waals surface area contributed by atoms with Crippen molar-refractivity contribution in [2.24, 2.45) is 0 Å². The van der Waals surface area contributed by atoms with Gasteiger partial charge in [0.05, 0.1) is 22.9 Å². The van der Waals surface area contributed by atoms with Crippen molar-refractivity contribution < 1.29 is 4.74 Å².